The SMILES string of the molecule is CC.Cc1ccc(N2CCN(SN3CCOCC3)CC2)cc1. The molecule has 0 radical (unpaired) electrons. The van der Waals surface area contributed by atoms with E-state index in [-0.39, 0.29) is 0 Å². The summed E-state index contributed by atoms with van der Waals surface area (Å²) >= 11 is 1.90. The lowest BCUT2D eigenvalue weighted by Gasteiger charge is -2.38. The third kappa shape index (κ3) is 5.16. The van der Waals surface area contributed by atoms with Crippen LogP contribution < -0.4 is 4.90 Å². The molecule has 0 unspecified atom stereocenters. The molecule has 22 heavy (non-hydrogen) atoms. The third-order valence-corrected chi connectivity index (χ3v) is 5.03. The number of benzene rings is 1. The van der Waals surface area contributed by atoms with Crippen LogP contribution in [0.5, 0.6) is 0 Å². The Kier molecular flexibility index (Phi) is 7.52. The maximum absolute atomic E-state index is 5.39. The lowest BCUT2D eigenvalue weighted by Crippen LogP contribution is -2.45. The number of aryl methyl sites for hydroxylation is 1. The molecule has 0 amide bonds. The van der Waals surface area contributed by atoms with Gasteiger partial charge in [-0.1, -0.05) is 31.5 Å². The fourth-order valence-corrected chi connectivity index (χ4v) is 3.54. The van der Waals surface area contributed by atoms with E-state index in [0.29, 0.717) is 0 Å². The summed E-state index contributed by atoms with van der Waals surface area (Å²) in [5, 5.41) is 0. The summed E-state index contributed by atoms with van der Waals surface area (Å²) < 4.78 is 10.3. The Labute approximate surface area is 139 Å². The van der Waals surface area contributed by atoms with Gasteiger partial charge in [-0.05, 0) is 19.1 Å². The number of anilines is 1. The standard InChI is InChI=1S/C15H23N3OS.C2H6/c1-14-2-4-15(5-3-14)16-6-8-17(9-7-16)20-18-10-12-19-13-11-18;1-2/h2-5H,6-13H2,1H3;1-2H3. The molecular formula is C17H29N3OS. The van der Waals surface area contributed by atoms with Crippen molar-refractivity contribution >= 4 is 17.8 Å². The van der Waals surface area contributed by atoms with Crippen LogP contribution in [0.1, 0.15) is 19.4 Å². The van der Waals surface area contributed by atoms with E-state index in [0.717, 1.165) is 52.5 Å². The van der Waals surface area contributed by atoms with Gasteiger partial charge in [0.05, 0.1) is 13.2 Å². The predicted octanol–water partition coefficient (Wildman–Crippen LogP) is 3.04. The van der Waals surface area contributed by atoms with Gasteiger partial charge in [-0.25, -0.2) is 8.61 Å². The molecule has 0 atom stereocenters. The molecule has 2 saturated heterocycles. The average Bonchev–Trinajstić information content (AvgIpc) is 2.59. The van der Waals surface area contributed by atoms with E-state index in [2.05, 4.69) is 44.7 Å². The second kappa shape index (κ2) is 9.40. The van der Waals surface area contributed by atoms with Crippen molar-refractivity contribution in [2.45, 2.75) is 20.8 Å². The summed E-state index contributed by atoms with van der Waals surface area (Å²) in [7, 11) is 0. The molecule has 0 N–H and O–H groups in total. The van der Waals surface area contributed by atoms with E-state index in [4.69, 9.17) is 4.74 Å². The van der Waals surface area contributed by atoms with Gasteiger partial charge in [0.25, 0.3) is 0 Å². The van der Waals surface area contributed by atoms with Crippen molar-refractivity contribution in [3.8, 4) is 0 Å². The first-order valence-corrected chi connectivity index (χ1v) is 9.12. The molecule has 0 spiro atoms. The summed E-state index contributed by atoms with van der Waals surface area (Å²) in [6.07, 6.45) is 0. The highest BCUT2D eigenvalue weighted by molar-refractivity contribution is 7.94. The second-order valence-electron chi connectivity index (χ2n) is 5.37. The van der Waals surface area contributed by atoms with Crippen molar-refractivity contribution in [2.75, 3.05) is 57.4 Å². The topological polar surface area (TPSA) is 19.0 Å². The molecule has 5 heteroatoms. The molecule has 3 rings (SSSR count). The minimum absolute atomic E-state index is 0.871. The Morgan fingerprint density at radius 3 is 1.95 bits per heavy atom. The molecule has 0 aromatic heterocycles. The lowest BCUT2D eigenvalue weighted by molar-refractivity contribution is 0.0757. The van der Waals surface area contributed by atoms with E-state index in [1.54, 1.807) is 0 Å². The molecule has 0 saturated carbocycles. The summed E-state index contributed by atoms with van der Waals surface area (Å²) in [6.45, 7) is 14.4. The van der Waals surface area contributed by atoms with Crippen molar-refractivity contribution < 1.29 is 4.74 Å². The largest absolute Gasteiger partial charge is 0.379 e. The fraction of sp³-hybridized carbons (Fsp3) is 0.647. The number of hydrogen-bond donors (Lipinski definition) is 0. The summed E-state index contributed by atoms with van der Waals surface area (Å²) in [5.41, 5.74) is 2.68. The Bertz CT molecular complexity index is 412. The van der Waals surface area contributed by atoms with Gasteiger partial charge >= 0.3 is 0 Å². The Balaban J connectivity index is 0.000000847. The zero-order chi connectivity index (χ0) is 15.8. The van der Waals surface area contributed by atoms with Crippen LogP contribution in [0.25, 0.3) is 0 Å². The van der Waals surface area contributed by atoms with Crippen LogP contribution in [0, 0.1) is 6.92 Å². The average molecular weight is 324 g/mol. The van der Waals surface area contributed by atoms with Crippen LogP contribution in [-0.4, -0.2) is 61.1 Å². The molecule has 4 nitrogen and oxygen atoms in total. The molecule has 2 aliphatic heterocycles. The number of morpholine rings is 1. The van der Waals surface area contributed by atoms with Crippen molar-refractivity contribution in [3.63, 3.8) is 0 Å². The van der Waals surface area contributed by atoms with Gasteiger partial charge < -0.3 is 9.64 Å². The molecule has 124 valence electrons. The molecule has 1 aromatic carbocycles. The summed E-state index contributed by atoms with van der Waals surface area (Å²) in [6, 6.07) is 8.87. The highest BCUT2D eigenvalue weighted by Crippen LogP contribution is 2.22. The van der Waals surface area contributed by atoms with Crippen molar-refractivity contribution in [1.29, 1.82) is 0 Å². The fourth-order valence-electron chi connectivity index (χ4n) is 2.58. The van der Waals surface area contributed by atoms with Gasteiger partial charge in [-0.2, -0.15) is 0 Å². The van der Waals surface area contributed by atoms with Crippen molar-refractivity contribution in [3.05, 3.63) is 29.8 Å². The van der Waals surface area contributed by atoms with E-state index in [9.17, 15) is 0 Å². The molecule has 2 aliphatic rings. The summed E-state index contributed by atoms with van der Waals surface area (Å²) in [4.78, 5) is 2.48. The monoisotopic (exact) mass is 323 g/mol. The van der Waals surface area contributed by atoms with E-state index in [1.807, 2.05) is 26.0 Å². The summed E-state index contributed by atoms with van der Waals surface area (Å²) in [5.74, 6) is 0. The maximum atomic E-state index is 5.39. The number of hydrogen-bond acceptors (Lipinski definition) is 5. The van der Waals surface area contributed by atoms with Crippen molar-refractivity contribution in [1.82, 2.24) is 8.61 Å². The Hall–Kier alpha value is -0.750. The van der Waals surface area contributed by atoms with Crippen LogP contribution in [-0.2, 0) is 4.74 Å². The normalized spacial score (nSPS) is 20.4. The minimum Gasteiger partial charge on any atom is -0.379 e. The molecule has 2 fully saturated rings. The Morgan fingerprint density at radius 2 is 1.36 bits per heavy atom. The van der Waals surface area contributed by atoms with Crippen LogP contribution in [0.3, 0.4) is 0 Å². The number of ether oxygens (including phenoxy) is 1. The van der Waals surface area contributed by atoms with Crippen LogP contribution in [0.2, 0.25) is 0 Å². The van der Waals surface area contributed by atoms with Gasteiger partial charge in [0.15, 0.2) is 0 Å². The Morgan fingerprint density at radius 1 is 0.818 bits per heavy atom. The first-order chi connectivity index (χ1) is 10.8. The quantitative estimate of drug-likeness (QED) is 0.794. The van der Waals surface area contributed by atoms with Gasteiger partial charge in [0, 0.05) is 57.1 Å². The van der Waals surface area contributed by atoms with Crippen LogP contribution >= 0.6 is 12.1 Å². The molecule has 2 heterocycles. The molecular weight excluding hydrogens is 294 g/mol. The zero-order valence-electron chi connectivity index (χ0n) is 14.1. The predicted molar refractivity (Wildman–Crippen MR) is 96.3 cm³/mol. The molecule has 0 aliphatic carbocycles. The number of nitrogens with zero attached hydrogens (tertiary/aromatic N) is 3. The number of rotatable bonds is 3. The van der Waals surface area contributed by atoms with E-state index < -0.39 is 0 Å². The first kappa shape index (κ1) is 17.6. The lowest BCUT2D eigenvalue weighted by atomic mass is 10.2. The second-order valence-corrected chi connectivity index (χ2v) is 6.57. The van der Waals surface area contributed by atoms with E-state index in [1.165, 1.54) is 11.3 Å². The third-order valence-electron chi connectivity index (χ3n) is 3.84. The van der Waals surface area contributed by atoms with Gasteiger partial charge in [0.1, 0.15) is 0 Å². The molecule has 1 aromatic rings. The first-order valence-electron chi connectivity index (χ1n) is 8.38. The highest BCUT2D eigenvalue weighted by atomic mass is 32.2. The van der Waals surface area contributed by atoms with Gasteiger partial charge in [-0.15, -0.1) is 0 Å². The smallest absolute Gasteiger partial charge is 0.0603 e. The zero-order valence-corrected chi connectivity index (χ0v) is 14.9. The van der Waals surface area contributed by atoms with Crippen LogP contribution in [0.4, 0.5) is 5.69 Å². The van der Waals surface area contributed by atoms with Gasteiger partial charge in [-0.3, -0.25) is 0 Å². The van der Waals surface area contributed by atoms with E-state index >= 15 is 0 Å². The van der Waals surface area contributed by atoms with Crippen molar-refractivity contribution in [2.24, 2.45) is 0 Å². The highest BCUT2D eigenvalue weighted by Gasteiger charge is 2.21. The van der Waals surface area contributed by atoms with Gasteiger partial charge in [0.2, 0.25) is 0 Å². The van der Waals surface area contributed by atoms with Crippen LogP contribution in [0.15, 0.2) is 24.3 Å². The maximum Gasteiger partial charge on any atom is 0.0603 e. The minimum atomic E-state index is 0.871. The number of piperazine rings is 1. The molecule has 0 bridgehead atoms.